The second-order valence-electron chi connectivity index (χ2n) is 5.72. The molecule has 1 fully saturated rings. The zero-order chi connectivity index (χ0) is 17.1. The number of aromatic nitrogens is 5. The molecule has 0 spiro atoms. The number of thioether (sulfide) groups is 1. The summed E-state index contributed by atoms with van der Waals surface area (Å²) in [5.41, 5.74) is 1.68. The van der Waals surface area contributed by atoms with Crippen LogP contribution in [-0.2, 0) is 17.0 Å². The van der Waals surface area contributed by atoms with Gasteiger partial charge in [-0.25, -0.2) is 9.67 Å². The van der Waals surface area contributed by atoms with Crippen LogP contribution in [0.4, 0.5) is 0 Å². The van der Waals surface area contributed by atoms with Crippen molar-refractivity contribution in [2.75, 3.05) is 6.61 Å². The molecule has 0 saturated carbocycles. The van der Waals surface area contributed by atoms with E-state index in [2.05, 4.69) is 20.5 Å². The van der Waals surface area contributed by atoms with E-state index >= 15 is 0 Å². The molecule has 1 aliphatic heterocycles. The van der Waals surface area contributed by atoms with E-state index in [1.807, 2.05) is 24.3 Å². The third-order valence-corrected chi connectivity index (χ3v) is 5.10. The highest BCUT2D eigenvalue weighted by Gasteiger charge is 2.19. The molecule has 7 nitrogen and oxygen atoms in total. The van der Waals surface area contributed by atoms with Crippen molar-refractivity contribution in [3.63, 3.8) is 0 Å². The highest BCUT2D eigenvalue weighted by Crippen LogP contribution is 2.25. The van der Waals surface area contributed by atoms with E-state index in [4.69, 9.17) is 20.8 Å². The van der Waals surface area contributed by atoms with Crippen molar-refractivity contribution in [3.05, 3.63) is 41.2 Å². The Kier molecular flexibility index (Phi) is 5.00. The van der Waals surface area contributed by atoms with Crippen molar-refractivity contribution in [2.45, 2.75) is 36.4 Å². The summed E-state index contributed by atoms with van der Waals surface area (Å²) in [6.45, 7) is 1.50. The van der Waals surface area contributed by atoms with Gasteiger partial charge in [-0.2, -0.15) is 0 Å². The lowest BCUT2D eigenvalue weighted by atomic mass is 10.2. The van der Waals surface area contributed by atoms with Gasteiger partial charge in [0.25, 0.3) is 0 Å². The Hall–Kier alpha value is -1.90. The number of hydrogen-bond acceptors (Lipinski definition) is 7. The van der Waals surface area contributed by atoms with Crippen LogP contribution in [0.3, 0.4) is 0 Å². The smallest absolute Gasteiger partial charge is 0.226 e. The summed E-state index contributed by atoms with van der Waals surface area (Å²) in [7, 11) is 0. The zero-order valence-electron chi connectivity index (χ0n) is 13.3. The van der Waals surface area contributed by atoms with Gasteiger partial charge in [0, 0.05) is 22.9 Å². The van der Waals surface area contributed by atoms with Gasteiger partial charge in [-0.15, -0.1) is 5.10 Å². The van der Waals surface area contributed by atoms with Gasteiger partial charge in [0.1, 0.15) is 6.26 Å². The fourth-order valence-electron chi connectivity index (χ4n) is 2.66. The maximum atomic E-state index is 6.01. The Balaban J connectivity index is 1.40. The lowest BCUT2D eigenvalue weighted by Gasteiger charge is -2.09. The molecule has 25 heavy (non-hydrogen) atoms. The van der Waals surface area contributed by atoms with Crippen LogP contribution in [0.15, 0.2) is 40.1 Å². The highest BCUT2D eigenvalue weighted by molar-refractivity contribution is 7.98. The topological polar surface area (TPSA) is 78.9 Å². The molecule has 1 aromatic carbocycles. The number of halogens is 1. The Morgan fingerprint density at radius 2 is 2.32 bits per heavy atom. The van der Waals surface area contributed by atoms with E-state index in [1.165, 1.54) is 11.8 Å². The third kappa shape index (κ3) is 4.02. The average molecular weight is 378 g/mol. The normalized spacial score (nSPS) is 17.2. The molecule has 0 amide bonds. The maximum Gasteiger partial charge on any atom is 0.226 e. The van der Waals surface area contributed by atoms with Crippen LogP contribution in [0.1, 0.15) is 18.5 Å². The fourth-order valence-corrected chi connectivity index (χ4v) is 3.62. The molecule has 3 heterocycles. The van der Waals surface area contributed by atoms with Gasteiger partial charge < -0.3 is 9.15 Å². The van der Waals surface area contributed by atoms with Gasteiger partial charge in [0.05, 0.1) is 18.3 Å². The number of benzene rings is 1. The first kappa shape index (κ1) is 16.6. The van der Waals surface area contributed by atoms with Crippen molar-refractivity contribution < 1.29 is 9.15 Å². The summed E-state index contributed by atoms with van der Waals surface area (Å²) < 4.78 is 13.0. The predicted octanol–water partition coefficient (Wildman–Crippen LogP) is 3.45. The minimum absolute atomic E-state index is 0.198. The molecule has 2 aromatic heterocycles. The Morgan fingerprint density at radius 1 is 1.36 bits per heavy atom. The molecule has 0 bridgehead atoms. The fraction of sp³-hybridized carbons (Fsp3) is 0.375. The largest absolute Gasteiger partial charge is 0.444 e. The van der Waals surface area contributed by atoms with Crippen LogP contribution in [0.5, 0.6) is 0 Å². The zero-order valence-corrected chi connectivity index (χ0v) is 14.9. The van der Waals surface area contributed by atoms with Gasteiger partial charge in [-0.3, -0.25) is 0 Å². The summed E-state index contributed by atoms with van der Waals surface area (Å²) in [5.74, 6) is 1.17. The van der Waals surface area contributed by atoms with E-state index < -0.39 is 0 Å². The SMILES string of the molecule is Clc1cccc(-c2nc(CSc3nnnn3C[C@@H]3CCCO3)co2)c1. The minimum atomic E-state index is 0.198. The number of hydrogen-bond donors (Lipinski definition) is 0. The van der Waals surface area contributed by atoms with Crippen molar-refractivity contribution in [2.24, 2.45) is 0 Å². The van der Waals surface area contributed by atoms with Gasteiger partial charge in [0.15, 0.2) is 0 Å². The van der Waals surface area contributed by atoms with Crippen LogP contribution in [-0.4, -0.2) is 37.9 Å². The average Bonchev–Trinajstić information content (AvgIpc) is 3.36. The van der Waals surface area contributed by atoms with Gasteiger partial charge in [0.2, 0.25) is 11.0 Å². The Morgan fingerprint density at radius 3 is 3.16 bits per heavy atom. The van der Waals surface area contributed by atoms with Crippen LogP contribution < -0.4 is 0 Å². The lowest BCUT2D eigenvalue weighted by Crippen LogP contribution is -2.16. The molecular weight excluding hydrogens is 362 g/mol. The van der Waals surface area contributed by atoms with Crippen LogP contribution in [0.2, 0.25) is 5.02 Å². The predicted molar refractivity (Wildman–Crippen MR) is 93.3 cm³/mol. The van der Waals surface area contributed by atoms with E-state index in [0.717, 1.165) is 35.9 Å². The number of ether oxygens (including phenoxy) is 1. The molecule has 0 radical (unpaired) electrons. The summed E-state index contributed by atoms with van der Waals surface area (Å²) in [5, 5.41) is 13.3. The number of tetrazole rings is 1. The van der Waals surface area contributed by atoms with E-state index in [9.17, 15) is 0 Å². The third-order valence-electron chi connectivity index (χ3n) is 3.87. The molecule has 0 N–H and O–H groups in total. The molecule has 1 atom stereocenters. The van der Waals surface area contributed by atoms with Crippen LogP contribution in [0, 0.1) is 0 Å². The summed E-state index contributed by atoms with van der Waals surface area (Å²) in [4.78, 5) is 4.51. The Labute approximate surface area is 153 Å². The highest BCUT2D eigenvalue weighted by atomic mass is 35.5. The second kappa shape index (κ2) is 7.55. The number of oxazole rings is 1. The monoisotopic (exact) mass is 377 g/mol. The summed E-state index contributed by atoms with van der Waals surface area (Å²) >= 11 is 7.53. The molecule has 3 aromatic rings. The molecule has 9 heteroatoms. The standard InChI is InChI=1S/C16H16ClN5O2S/c17-12-4-1-3-11(7-12)15-18-13(9-24-15)10-25-16-19-20-21-22(16)8-14-5-2-6-23-14/h1,3-4,7,9,14H,2,5-6,8,10H2/t14-/m0/s1. The maximum absolute atomic E-state index is 6.01. The van der Waals surface area contributed by atoms with E-state index in [1.54, 1.807) is 10.9 Å². The molecule has 4 rings (SSSR count). The van der Waals surface area contributed by atoms with Crippen LogP contribution in [0.25, 0.3) is 11.5 Å². The first-order chi connectivity index (χ1) is 12.3. The number of nitrogens with zero attached hydrogens (tertiary/aromatic N) is 5. The molecule has 130 valence electrons. The molecule has 1 saturated heterocycles. The van der Waals surface area contributed by atoms with Crippen LogP contribution >= 0.6 is 23.4 Å². The van der Waals surface area contributed by atoms with Gasteiger partial charge in [-0.1, -0.05) is 29.4 Å². The minimum Gasteiger partial charge on any atom is -0.444 e. The Bertz CT molecular complexity index is 846. The second-order valence-corrected chi connectivity index (χ2v) is 7.10. The van der Waals surface area contributed by atoms with E-state index in [-0.39, 0.29) is 6.10 Å². The van der Waals surface area contributed by atoms with Crippen molar-refractivity contribution in [3.8, 4) is 11.5 Å². The van der Waals surface area contributed by atoms with Crippen molar-refractivity contribution in [1.82, 2.24) is 25.2 Å². The molecular formula is C16H16ClN5O2S. The van der Waals surface area contributed by atoms with Gasteiger partial charge in [-0.05, 0) is 41.5 Å². The lowest BCUT2D eigenvalue weighted by molar-refractivity contribution is 0.0912. The molecule has 0 unspecified atom stereocenters. The summed E-state index contributed by atoms with van der Waals surface area (Å²) in [6.07, 6.45) is 4.00. The van der Waals surface area contributed by atoms with Crippen molar-refractivity contribution in [1.29, 1.82) is 0 Å². The quantitative estimate of drug-likeness (QED) is 0.608. The first-order valence-electron chi connectivity index (χ1n) is 7.99. The van der Waals surface area contributed by atoms with E-state index in [0.29, 0.717) is 23.2 Å². The van der Waals surface area contributed by atoms with Gasteiger partial charge >= 0.3 is 0 Å². The molecule has 0 aliphatic carbocycles. The van der Waals surface area contributed by atoms with Crippen molar-refractivity contribution >= 4 is 23.4 Å². The first-order valence-corrected chi connectivity index (χ1v) is 9.35. The molecule has 1 aliphatic rings. The summed E-state index contributed by atoms with van der Waals surface area (Å²) in [6, 6.07) is 7.43. The number of rotatable bonds is 6.